The maximum atomic E-state index is 6.69. The third-order valence-corrected chi connectivity index (χ3v) is 11.7. The van der Waals surface area contributed by atoms with Gasteiger partial charge in [-0.2, -0.15) is 0 Å². The minimum Gasteiger partial charge on any atom is -0.455 e. The Morgan fingerprint density at radius 1 is 0.339 bits per heavy atom. The van der Waals surface area contributed by atoms with E-state index in [4.69, 9.17) is 19.4 Å². The molecule has 0 radical (unpaired) electrons. The van der Waals surface area contributed by atoms with Gasteiger partial charge in [-0.3, -0.25) is 0 Å². The first-order chi connectivity index (χ1) is 27.7. The van der Waals surface area contributed by atoms with E-state index < -0.39 is 0 Å². The number of nitrogens with zero attached hydrogens (tertiary/aromatic N) is 3. The minimum absolute atomic E-state index is 0.623. The van der Waals surface area contributed by atoms with Gasteiger partial charge in [0.2, 0.25) is 0 Å². The van der Waals surface area contributed by atoms with Gasteiger partial charge < -0.3 is 4.42 Å². The summed E-state index contributed by atoms with van der Waals surface area (Å²) in [6, 6.07) is 65.6. The van der Waals surface area contributed by atoms with E-state index in [-0.39, 0.29) is 0 Å². The number of rotatable bonds is 6. The zero-order chi connectivity index (χ0) is 37.0. The van der Waals surface area contributed by atoms with Crippen molar-refractivity contribution in [3.63, 3.8) is 0 Å². The first-order valence-corrected chi connectivity index (χ1v) is 19.5. The summed E-state index contributed by atoms with van der Waals surface area (Å²) in [6.45, 7) is 0. The SMILES string of the molecule is c1ccc(-c2ccc(-c3nc(-c4ccccc4)nc(-c4ccc(-c5ccc(-c6ccc7sc8ccccc8c7c6)c6oc7ccccc7c56)cc4)n3)cc2)cc1. The van der Waals surface area contributed by atoms with Gasteiger partial charge in [-0.05, 0) is 58.1 Å². The van der Waals surface area contributed by atoms with Gasteiger partial charge in [-0.25, -0.2) is 15.0 Å². The van der Waals surface area contributed by atoms with E-state index in [9.17, 15) is 0 Å². The van der Waals surface area contributed by atoms with Gasteiger partial charge in [0, 0.05) is 53.2 Å². The Balaban J connectivity index is 1.01. The molecule has 3 aromatic heterocycles. The van der Waals surface area contributed by atoms with Crippen LogP contribution in [-0.2, 0) is 0 Å². The van der Waals surface area contributed by atoms with Gasteiger partial charge in [0.1, 0.15) is 11.2 Å². The Kier molecular flexibility index (Phi) is 7.64. The van der Waals surface area contributed by atoms with Crippen LogP contribution in [0.2, 0.25) is 0 Å². The van der Waals surface area contributed by atoms with E-state index in [0.29, 0.717) is 17.5 Å². The summed E-state index contributed by atoms with van der Waals surface area (Å²) < 4.78 is 9.28. The zero-order valence-corrected chi connectivity index (χ0v) is 30.9. The number of para-hydroxylation sites is 1. The number of furan rings is 1. The van der Waals surface area contributed by atoms with Gasteiger partial charge >= 0.3 is 0 Å². The third-order valence-electron chi connectivity index (χ3n) is 10.6. The van der Waals surface area contributed by atoms with E-state index in [2.05, 4.69) is 146 Å². The summed E-state index contributed by atoms with van der Waals surface area (Å²) in [4.78, 5) is 15.0. The first kappa shape index (κ1) is 32.2. The molecular formula is C51H31N3OS. The van der Waals surface area contributed by atoms with Crippen molar-refractivity contribution >= 4 is 53.4 Å². The Morgan fingerprint density at radius 3 is 1.52 bits per heavy atom. The van der Waals surface area contributed by atoms with Gasteiger partial charge in [0.15, 0.2) is 17.5 Å². The predicted molar refractivity (Wildman–Crippen MR) is 233 cm³/mol. The number of fused-ring (bicyclic) bond motifs is 6. The standard InChI is InChI=1S/C51H31N3OS/c1-3-11-32(12-4-1)33-19-23-36(24-20-33)50-52-49(35-13-5-2-6-14-35)53-51(54-50)37-25-21-34(22-26-37)39-28-29-40(48-47(39)42-16-7-9-17-44(42)55-48)38-27-30-46-43(31-38)41-15-8-10-18-45(41)56-46/h1-31H. The van der Waals surface area contributed by atoms with Crippen LogP contribution in [0.25, 0.3) is 110 Å². The molecule has 0 spiro atoms. The third kappa shape index (κ3) is 5.56. The molecular weight excluding hydrogens is 703 g/mol. The van der Waals surface area contributed by atoms with Crippen molar-refractivity contribution in [3.05, 3.63) is 188 Å². The number of thiophene rings is 1. The van der Waals surface area contributed by atoms with E-state index in [1.807, 2.05) is 53.8 Å². The van der Waals surface area contributed by atoms with E-state index in [1.165, 1.54) is 25.7 Å². The Bertz CT molecular complexity index is 3220. The average Bonchev–Trinajstić information content (AvgIpc) is 3.85. The van der Waals surface area contributed by atoms with Crippen molar-refractivity contribution in [2.45, 2.75) is 0 Å². The Morgan fingerprint density at radius 2 is 0.821 bits per heavy atom. The molecule has 4 nitrogen and oxygen atoms in total. The van der Waals surface area contributed by atoms with Crippen molar-refractivity contribution < 1.29 is 4.42 Å². The summed E-state index contributed by atoms with van der Waals surface area (Å²) in [6.07, 6.45) is 0. The highest BCUT2D eigenvalue weighted by Gasteiger charge is 2.19. The lowest BCUT2D eigenvalue weighted by Gasteiger charge is -2.11. The molecule has 56 heavy (non-hydrogen) atoms. The molecule has 0 aliphatic rings. The van der Waals surface area contributed by atoms with Gasteiger partial charge in [0.05, 0.1) is 0 Å². The molecule has 0 atom stereocenters. The highest BCUT2D eigenvalue weighted by Crippen LogP contribution is 2.44. The van der Waals surface area contributed by atoms with E-state index >= 15 is 0 Å². The van der Waals surface area contributed by atoms with Crippen LogP contribution in [0, 0.1) is 0 Å². The van der Waals surface area contributed by atoms with Crippen LogP contribution < -0.4 is 0 Å². The normalized spacial score (nSPS) is 11.6. The molecule has 3 heterocycles. The van der Waals surface area contributed by atoms with Crippen molar-refractivity contribution in [2.24, 2.45) is 0 Å². The van der Waals surface area contributed by atoms with E-state index in [1.54, 1.807) is 0 Å². The fourth-order valence-corrected chi connectivity index (χ4v) is 8.87. The second-order valence-corrected chi connectivity index (χ2v) is 15.0. The predicted octanol–water partition coefficient (Wildman–Crippen LogP) is 14.1. The summed E-state index contributed by atoms with van der Waals surface area (Å²) >= 11 is 1.84. The lowest BCUT2D eigenvalue weighted by molar-refractivity contribution is 0.670. The fourth-order valence-electron chi connectivity index (χ4n) is 7.78. The smallest absolute Gasteiger partial charge is 0.164 e. The molecule has 0 aliphatic carbocycles. The van der Waals surface area contributed by atoms with Crippen molar-refractivity contribution in [3.8, 4) is 67.5 Å². The first-order valence-electron chi connectivity index (χ1n) is 18.7. The van der Waals surface area contributed by atoms with Crippen LogP contribution >= 0.6 is 11.3 Å². The van der Waals surface area contributed by atoms with Gasteiger partial charge in [-0.1, -0.05) is 158 Å². The number of hydrogen-bond acceptors (Lipinski definition) is 5. The van der Waals surface area contributed by atoms with E-state index in [0.717, 1.165) is 66.4 Å². The molecule has 8 aromatic carbocycles. The maximum absolute atomic E-state index is 6.69. The molecule has 0 aliphatic heterocycles. The quantitative estimate of drug-likeness (QED) is 0.171. The summed E-state index contributed by atoms with van der Waals surface area (Å²) in [5, 5.41) is 4.76. The highest BCUT2D eigenvalue weighted by atomic mass is 32.1. The van der Waals surface area contributed by atoms with Crippen LogP contribution in [0.3, 0.4) is 0 Å². The molecule has 0 N–H and O–H groups in total. The largest absolute Gasteiger partial charge is 0.455 e. The summed E-state index contributed by atoms with van der Waals surface area (Å²) in [7, 11) is 0. The molecule has 0 fully saturated rings. The zero-order valence-electron chi connectivity index (χ0n) is 30.1. The average molecular weight is 734 g/mol. The second-order valence-electron chi connectivity index (χ2n) is 14.0. The molecule has 11 rings (SSSR count). The van der Waals surface area contributed by atoms with Crippen LogP contribution in [0.5, 0.6) is 0 Å². The molecule has 0 unspecified atom stereocenters. The van der Waals surface area contributed by atoms with Crippen molar-refractivity contribution in [2.75, 3.05) is 0 Å². The second kappa shape index (κ2) is 13.3. The van der Waals surface area contributed by atoms with Crippen LogP contribution in [0.15, 0.2) is 192 Å². The Labute approximate surface area is 327 Å². The van der Waals surface area contributed by atoms with Crippen LogP contribution in [0.4, 0.5) is 0 Å². The fraction of sp³-hybridized carbons (Fsp3) is 0. The molecule has 11 aromatic rings. The molecule has 262 valence electrons. The summed E-state index contributed by atoms with van der Waals surface area (Å²) in [5.74, 6) is 1.89. The van der Waals surface area contributed by atoms with Crippen LogP contribution in [-0.4, -0.2) is 15.0 Å². The van der Waals surface area contributed by atoms with Crippen molar-refractivity contribution in [1.82, 2.24) is 15.0 Å². The maximum Gasteiger partial charge on any atom is 0.164 e. The van der Waals surface area contributed by atoms with Gasteiger partial charge in [0.25, 0.3) is 0 Å². The summed E-state index contributed by atoms with van der Waals surface area (Å²) in [5.41, 5.74) is 11.3. The molecule has 0 bridgehead atoms. The number of aromatic nitrogens is 3. The number of hydrogen-bond donors (Lipinski definition) is 0. The minimum atomic E-state index is 0.623. The van der Waals surface area contributed by atoms with Crippen LogP contribution in [0.1, 0.15) is 0 Å². The monoisotopic (exact) mass is 733 g/mol. The van der Waals surface area contributed by atoms with Crippen molar-refractivity contribution in [1.29, 1.82) is 0 Å². The molecule has 0 amide bonds. The molecule has 0 saturated carbocycles. The lowest BCUT2D eigenvalue weighted by Crippen LogP contribution is -2.00. The Hall–Kier alpha value is -7.21. The highest BCUT2D eigenvalue weighted by molar-refractivity contribution is 7.25. The molecule has 5 heteroatoms. The number of benzene rings is 8. The lowest BCUT2D eigenvalue weighted by atomic mass is 9.93. The topological polar surface area (TPSA) is 51.8 Å². The molecule has 0 saturated heterocycles. The van der Waals surface area contributed by atoms with Gasteiger partial charge in [-0.15, -0.1) is 11.3 Å².